The normalized spacial score (nSPS) is 37.5. The lowest BCUT2D eigenvalue weighted by Gasteiger charge is -2.31. The van der Waals surface area contributed by atoms with Gasteiger partial charge in [-0.1, -0.05) is 6.92 Å². The lowest BCUT2D eigenvalue weighted by Crippen LogP contribution is -2.49. The zero-order valence-electron chi connectivity index (χ0n) is 7.55. The van der Waals surface area contributed by atoms with E-state index in [-0.39, 0.29) is 0 Å². The average Bonchev–Trinajstić information content (AvgIpc) is 2.47. The first-order chi connectivity index (χ1) is 5.29. The third kappa shape index (κ3) is 1.32. The Hall–Kier alpha value is -0.370. The fourth-order valence-corrected chi connectivity index (χ4v) is 2.26. The fourth-order valence-electron chi connectivity index (χ4n) is 2.26. The second-order valence-corrected chi connectivity index (χ2v) is 3.45. The topological polar surface area (TPSA) is 17.1 Å². The monoisotopic (exact) mass is 156 g/mol. The molecule has 1 heterocycles. The van der Waals surface area contributed by atoms with E-state index in [1.54, 1.807) is 0 Å². The van der Waals surface area contributed by atoms with Crippen LogP contribution in [0.5, 0.6) is 0 Å². The molecule has 0 bridgehead atoms. The van der Waals surface area contributed by atoms with Gasteiger partial charge in [-0.2, -0.15) is 0 Å². The molecule has 2 atom stereocenters. The van der Waals surface area contributed by atoms with Gasteiger partial charge in [-0.25, -0.2) is 4.79 Å². The second kappa shape index (κ2) is 3.35. The number of carbonyl (C=O) groups is 1. The summed E-state index contributed by atoms with van der Waals surface area (Å²) >= 11 is 0. The molecule has 1 rings (SSSR count). The Kier molecular flexibility index (Phi) is 2.66. The molecule has 0 spiro atoms. The zero-order chi connectivity index (χ0) is 8.32. The molecule has 0 N–H and O–H groups in total. The molecular weight excluding hydrogens is 138 g/mol. The number of hydrogen-bond acceptors (Lipinski definition) is 1. The van der Waals surface area contributed by atoms with E-state index >= 15 is 0 Å². The van der Waals surface area contributed by atoms with Crippen molar-refractivity contribution >= 4 is 6.41 Å². The van der Waals surface area contributed by atoms with Crippen molar-refractivity contribution in [1.82, 2.24) is 0 Å². The van der Waals surface area contributed by atoms with Crippen LogP contribution in [0.1, 0.15) is 33.1 Å². The third-order valence-corrected chi connectivity index (χ3v) is 3.11. The summed E-state index contributed by atoms with van der Waals surface area (Å²) in [5.41, 5.74) is 0. The van der Waals surface area contributed by atoms with E-state index in [2.05, 4.69) is 13.8 Å². The van der Waals surface area contributed by atoms with E-state index in [1.807, 2.05) is 0 Å². The third-order valence-electron chi connectivity index (χ3n) is 3.11. The van der Waals surface area contributed by atoms with Crippen molar-refractivity contribution < 1.29 is 9.28 Å². The van der Waals surface area contributed by atoms with Gasteiger partial charge in [0.05, 0.1) is 19.1 Å². The molecule has 0 aliphatic carbocycles. The van der Waals surface area contributed by atoms with Gasteiger partial charge in [0.2, 0.25) is 0 Å². The summed E-state index contributed by atoms with van der Waals surface area (Å²) in [6, 6.07) is 0.609. The summed E-state index contributed by atoms with van der Waals surface area (Å²) < 4.78 is 0.719. The Morgan fingerprint density at radius 3 is 2.64 bits per heavy atom. The van der Waals surface area contributed by atoms with Crippen molar-refractivity contribution in [3.8, 4) is 0 Å². The van der Waals surface area contributed by atoms with Gasteiger partial charge in [-0.3, -0.25) is 4.48 Å². The Morgan fingerprint density at radius 2 is 2.27 bits per heavy atom. The molecule has 1 fully saturated rings. The van der Waals surface area contributed by atoms with E-state index in [0.717, 1.165) is 30.4 Å². The lowest BCUT2D eigenvalue weighted by molar-refractivity contribution is -0.856. The predicted octanol–water partition coefficient (Wildman–Crippen LogP) is 1.55. The Balaban J connectivity index is 2.71. The number of quaternary nitrogens is 1. The number of nitrogens with zero attached hydrogens (tertiary/aromatic N) is 1. The summed E-state index contributed by atoms with van der Waals surface area (Å²) in [4.78, 5) is 10.9. The van der Waals surface area contributed by atoms with Crippen LogP contribution in [0.3, 0.4) is 0 Å². The molecule has 0 saturated carbocycles. The zero-order valence-corrected chi connectivity index (χ0v) is 7.55. The molecule has 0 aromatic rings. The summed E-state index contributed by atoms with van der Waals surface area (Å²) in [6.45, 7) is 6.34. The number of amides is 1. The molecule has 1 aliphatic rings. The minimum Gasteiger partial charge on any atom is -0.261 e. The highest BCUT2D eigenvalue weighted by Gasteiger charge is 2.38. The van der Waals surface area contributed by atoms with Gasteiger partial charge in [-0.15, -0.1) is 0 Å². The maximum Gasteiger partial charge on any atom is 0.301 e. The van der Waals surface area contributed by atoms with Crippen LogP contribution in [0.4, 0.5) is 0 Å². The molecule has 11 heavy (non-hydrogen) atoms. The molecule has 2 heteroatoms. The lowest BCUT2D eigenvalue weighted by atomic mass is 10.1. The van der Waals surface area contributed by atoms with Crippen molar-refractivity contribution in [2.75, 3.05) is 13.1 Å². The van der Waals surface area contributed by atoms with Crippen LogP contribution >= 0.6 is 0 Å². The predicted molar refractivity (Wildman–Crippen MR) is 45.0 cm³/mol. The SMILES string of the molecule is CCC1CCC[N+]1(C=O)CC. The quantitative estimate of drug-likeness (QED) is 0.447. The summed E-state index contributed by atoms with van der Waals surface area (Å²) in [7, 11) is 0. The van der Waals surface area contributed by atoms with E-state index in [9.17, 15) is 4.79 Å². The smallest absolute Gasteiger partial charge is 0.261 e. The summed E-state index contributed by atoms with van der Waals surface area (Å²) in [6.07, 6.45) is 4.77. The van der Waals surface area contributed by atoms with Crippen molar-refractivity contribution in [3.05, 3.63) is 0 Å². The van der Waals surface area contributed by atoms with E-state index < -0.39 is 0 Å². The molecular formula is C9H18NO+. The first kappa shape index (κ1) is 8.72. The van der Waals surface area contributed by atoms with Crippen molar-refractivity contribution in [2.45, 2.75) is 39.2 Å². The highest BCUT2D eigenvalue weighted by Crippen LogP contribution is 2.26. The average molecular weight is 156 g/mol. The molecule has 64 valence electrons. The number of hydrogen-bond donors (Lipinski definition) is 0. The van der Waals surface area contributed by atoms with Gasteiger partial charge in [-0.05, 0) is 13.3 Å². The molecule has 0 aromatic carbocycles. The standard InChI is InChI=1S/C9H18NO/c1-3-9-6-5-7-10(9,4-2)8-11/h8-9H,3-7H2,1-2H3/q+1. The van der Waals surface area contributed by atoms with Crippen LogP contribution in [0.15, 0.2) is 0 Å². The summed E-state index contributed by atoms with van der Waals surface area (Å²) in [5.74, 6) is 0. The maximum atomic E-state index is 10.9. The van der Waals surface area contributed by atoms with Crippen LogP contribution < -0.4 is 0 Å². The van der Waals surface area contributed by atoms with E-state index in [4.69, 9.17) is 0 Å². The molecule has 1 amide bonds. The summed E-state index contributed by atoms with van der Waals surface area (Å²) in [5, 5.41) is 0. The molecule has 2 nitrogen and oxygen atoms in total. The molecule has 1 aliphatic heterocycles. The van der Waals surface area contributed by atoms with E-state index in [1.165, 1.54) is 12.8 Å². The van der Waals surface area contributed by atoms with Crippen LogP contribution in [-0.4, -0.2) is 30.0 Å². The number of rotatable bonds is 3. The second-order valence-electron chi connectivity index (χ2n) is 3.45. The van der Waals surface area contributed by atoms with Gasteiger partial charge < -0.3 is 0 Å². The molecule has 0 radical (unpaired) electrons. The van der Waals surface area contributed by atoms with Gasteiger partial charge >= 0.3 is 6.41 Å². The van der Waals surface area contributed by atoms with Crippen molar-refractivity contribution in [2.24, 2.45) is 0 Å². The van der Waals surface area contributed by atoms with Crippen molar-refractivity contribution in [1.29, 1.82) is 0 Å². The minimum atomic E-state index is 0.609. The van der Waals surface area contributed by atoms with Crippen molar-refractivity contribution in [3.63, 3.8) is 0 Å². The highest BCUT2D eigenvalue weighted by atomic mass is 16.1. The van der Waals surface area contributed by atoms with Gasteiger partial charge in [0.1, 0.15) is 0 Å². The van der Waals surface area contributed by atoms with Crippen LogP contribution in [0.2, 0.25) is 0 Å². The minimum absolute atomic E-state index is 0.609. The van der Waals surface area contributed by atoms with Crippen LogP contribution in [0, 0.1) is 0 Å². The van der Waals surface area contributed by atoms with Crippen LogP contribution in [0.25, 0.3) is 0 Å². The van der Waals surface area contributed by atoms with Crippen LogP contribution in [-0.2, 0) is 4.79 Å². The number of carbonyl (C=O) groups excluding carboxylic acids is 1. The Morgan fingerprint density at radius 1 is 1.55 bits per heavy atom. The Bertz CT molecular complexity index is 146. The van der Waals surface area contributed by atoms with Gasteiger partial charge in [0, 0.05) is 12.8 Å². The first-order valence-corrected chi connectivity index (χ1v) is 4.62. The highest BCUT2D eigenvalue weighted by molar-refractivity contribution is 5.38. The van der Waals surface area contributed by atoms with Gasteiger partial charge in [0.25, 0.3) is 0 Å². The molecule has 2 unspecified atom stereocenters. The molecule has 0 aromatic heterocycles. The fraction of sp³-hybridized carbons (Fsp3) is 0.889. The maximum absolute atomic E-state index is 10.9. The first-order valence-electron chi connectivity index (χ1n) is 4.62. The van der Waals surface area contributed by atoms with Gasteiger partial charge in [0.15, 0.2) is 0 Å². The van der Waals surface area contributed by atoms with E-state index in [0.29, 0.717) is 6.04 Å². The number of likely N-dealkylation sites (tertiary alicyclic amines) is 1. The molecule has 1 saturated heterocycles. The largest absolute Gasteiger partial charge is 0.301 e. The Labute approximate surface area is 68.8 Å².